The third kappa shape index (κ3) is 5.56. The van der Waals surface area contributed by atoms with Gasteiger partial charge in [-0.15, -0.1) is 0 Å². The average Bonchev–Trinajstić information content (AvgIpc) is 3.49. The van der Waals surface area contributed by atoms with Crippen LogP contribution in [0.5, 0.6) is 5.75 Å². The molecule has 1 amide bonds. The van der Waals surface area contributed by atoms with Gasteiger partial charge in [0.25, 0.3) is 5.78 Å². The first-order chi connectivity index (χ1) is 20.2. The highest BCUT2D eigenvalue weighted by Gasteiger charge is 2.48. The molecule has 0 spiro atoms. The van der Waals surface area contributed by atoms with E-state index in [1.165, 1.54) is 4.90 Å². The predicted molar refractivity (Wildman–Crippen MR) is 161 cm³/mol. The molecule has 2 heterocycles. The van der Waals surface area contributed by atoms with Crippen molar-refractivity contribution in [2.75, 3.05) is 11.5 Å². The van der Waals surface area contributed by atoms with Crippen LogP contribution in [-0.2, 0) is 20.9 Å². The van der Waals surface area contributed by atoms with Crippen molar-refractivity contribution < 1.29 is 29.0 Å². The second kappa shape index (κ2) is 12.0. The van der Waals surface area contributed by atoms with E-state index in [1.807, 2.05) is 68.4 Å². The van der Waals surface area contributed by atoms with E-state index >= 15 is 0 Å². The quantitative estimate of drug-likeness (QED) is 0.110. The molecular weight excluding hydrogens is 552 g/mol. The van der Waals surface area contributed by atoms with Gasteiger partial charge >= 0.3 is 11.9 Å². The van der Waals surface area contributed by atoms with E-state index in [-0.39, 0.29) is 27.9 Å². The molecule has 8 nitrogen and oxygen atoms in total. The Balaban J connectivity index is 1.56. The second-order valence-corrected chi connectivity index (χ2v) is 10.9. The molecule has 1 aliphatic rings. The number of aliphatic hydroxyl groups is 1. The van der Waals surface area contributed by atoms with E-state index in [0.29, 0.717) is 29.2 Å². The van der Waals surface area contributed by atoms with Crippen LogP contribution in [0.3, 0.4) is 0 Å². The first kappa shape index (κ1) is 28.8. The van der Waals surface area contributed by atoms with Gasteiger partial charge in [0.2, 0.25) is 0 Å². The van der Waals surface area contributed by atoms with Crippen LogP contribution in [-0.4, -0.2) is 34.4 Å². The number of aromatic nitrogens is 1. The summed E-state index contributed by atoms with van der Waals surface area (Å²) >= 11 is 0.976. The van der Waals surface area contributed by atoms with Crippen molar-refractivity contribution in [1.82, 2.24) is 4.98 Å². The van der Waals surface area contributed by atoms with Crippen LogP contribution < -0.4 is 9.64 Å². The maximum absolute atomic E-state index is 13.5. The summed E-state index contributed by atoms with van der Waals surface area (Å²) in [6, 6.07) is 21.3. The molecular formula is C33H30N2O6S. The van der Waals surface area contributed by atoms with Gasteiger partial charge < -0.3 is 14.6 Å². The highest BCUT2D eigenvalue weighted by atomic mass is 32.1. The van der Waals surface area contributed by atoms with Crippen LogP contribution in [0.2, 0.25) is 0 Å². The van der Waals surface area contributed by atoms with E-state index in [1.54, 1.807) is 32.0 Å². The van der Waals surface area contributed by atoms with Crippen LogP contribution >= 0.6 is 11.3 Å². The van der Waals surface area contributed by atoms with Gasteiger partial charge in [0, 0.05) is 5.56 Å². The minimum absolute atomic E-state index is 0.0632. The molecule has 0 aliphatic carbocycles. The summed E-state index contributed by atoms with van der Waals surface area (Å²) in [4.78, 5) is 45.5. The number of thiazole rings is 1. The smallest absolute Gasteiger partial charge is 0.350 e. The van der Waals surface area contributed by atoms with Crippen LogP contribution in [0.25, 0.3) is 5.76 Å². The number of esters is 1. The molecule has 5 rings (SSSR count). The minimum Gasteiger partial charge on any atom is -0.507 e. The Kier molecular flexibility index (Phi) is 8.22. The number of ether oxygens (including phenoxy) is 2. The number of aliphatic hydroxyl groups excluding tert-OH is 1. The maximum Gasteiger partial charge on any atom is 0.350 e. The van der Waals surface area contributed by atoms with E-state index in [0.717, 1.165) is 28.0 Å². The number of carbonyl (C=O) groups excluding carboxylic acids is 3. The minimum atomic E-state index is -0.958. The molecule has 3 aromatic carbocycles. The zero-order valence-electron chi connectivity index (χ0n) is 23.7. The Morgan fingerprint density at radius 2 is 1.71 bits per heavy atom. The molecule has 0 radical (unpaired) electrons. The fourth-order valence-electron chi connectivity index (χ4n) is 4.81. The van der Waals surface area contributed by atoms with Crippen LogP contribution in [0.4, 0.5) is 5.13 Å². The Labute approximate surface area is 247 Å². The van der Waals surface area contributed by atoms with Crippen molar-refractivity contribution in [2.45, 2.75) is 40.3 Å². The third-order valence-electron chi connectivity index (χ3n) is 6.98. The van der Waals surface area contributed by atoms with Crippen LogP contribution in [0.1, 0.15) is 56.1 Å². The number of hydrogen-bond donors (Lipinski definition) is 1. The van der Waals surface area contributed by atoms with Crippen molar-refractivity contribution in [1.29, 1.82) is 0 Å². The standard InChI is InChI=1S/C33H30N2O6S/c1-5-40-32(39)30-21(4)34-33(42-30)35-27(23-13-11-19(2)12-14-23)26(29(37)31(35)38)28(36)24-15-16-25(20(3)17-24)41-18-22-9-7-6-8-10-22/h6-17,27,36H,5,18H2,1-4H3/b28-26+/t27-/m1/s1. The predicted octanol–water partition coefficient (Wildman–Crippen LogP) is 6.45. The number of anilines is 1. The summed E-state index contributed by atoms with van der Waals surface area (Å²) in [7, 11) is 0. The van der Waals surface area contributed by atoms with Gasteiger partial charge in [-0.25, -0.2) is 9.78 Å². The number of benzene rings is 3. The van der Waals surface area contributed by atoms with Gasteiger partial charge in [-0.2, -0.15) is 0 Å². The Hall–Kier alpha value is -4.76. The Bertz CT molecular complexity index is 1690. The molecule has 42 heavy (non-hydrogen) atoms. The number of rotatable bonds is 8. The number of ketones is 1. The van der Waals surface area contributed by atoms with Crippen molar-refractivity contribution in [3.63, 3.8) is 0 Å². The number of amides is 1. The summed E-state index contributed by atoms with van der Waals surface area (Å²) in [6.07, 6.45) is 0. The molecule has 0 unspecified atom stereocenters. The lowest BCUT2D eigenvalue weighted by Gasteiger charge is -2.23. The van der Waals surface area contributed by atoms with Crippen molar-refractivity contribution in [3.05, 3.63) is 117 Å². The molecule has 0 saturated carbocycles. The van der Waals surface area contributed by atoms with Crippen molar-refractivity contribution in [2.24, 2.45) is 0 Å². The SMILES string of the molecule is CCOC(=O)c1sc(N2C(=O)C(=O)/C(=C(/O)c3ccc(OCc4ccccc4)c(C)c3)[C@H]2c2ccc(C)cc2)nc1C. The number of Topliss-reactive ketones (excluding diaryl/α,β-unsaturated/α-hetero) is 1. The van der Waals surface area contributed by atoms with E-state index in [4.69, 9.17) is 9.47 Å². The Morgan fingerprint density at radius 1 is 1.00 bits per heavy atom. The lowest BCUT2D eigenvalue weighted by molar-refractivity contribution is -0.132. The fraction of sp³-hybridized carbons (Fsp3) is 0.212. The van der Waals surface area contributed by atoms with Crippen LogP contribution in [0.15, 0.2) is 78.4 Å². The normalized spacial score (nSPS) is 16.1. The summed E-state index contributed by atoms with van der Waals surface area (Å²) in [6.45, 7) is 7.70. The molecule has 1 aromatic heterocycles. The largest absolute Gasteiger partial charge is 0.507 e. The summed E-state index contributed by atoms with van der Waals surface area (Å²) in [5.41, 5.74) is 4.08. The number of hydrogen-bond acceptors (Lipinski definition) is 8. The molecule has 0 bridgehead atoms. The molecule has 1 N–H and O–H groups in total. The van der Waals surface area contributed by atoms with E-state index in [9.17, 15) is 19.5 Å². The maximum atomic E-state index is 13.5. The number of nitrogens with zero attached hydrogens (tertiary/aromatic N) is 2. The molecule has 9 heteroatoms. The molecule has 1 fully saturated rings. The topological polar surface area (TPSA) is 106 Å². The molecule has 214 valence electrons. The zero-order chi connectivity index (χ0) is 30.0. The van der Waals surface area contributed by atoms with E-state index in [2.05, 4.69) is 4.98 Å². The number of aryl methyl sites for hydroxylation is 3. The van der Waals surface area contributed by atoms with Gasteiger partial charge in [0.15, 0.2) is 5.13 Å². The van der Waals surface area contributed by atoms with Gasteiger partial charge in [-0.1, -0.05) is 71.5 Å². The molecule has 4 aromatic rings. The molecule has 1 aliphatic heterocycles. The van der Waals surface area contributed by atoms with Crippen molar-refractivity contribution >= 4 is 39.9 Å². The number of carbonyl (C=O) groups is 3. The summed E-state index contributed by atoms with van der Waals surface area (Å²) < 4.78 is 11.1. The summed E-state index contributed by atoms with van der Waals surface area (Å²) in [5.74, 6) is -1.91. The summed E-state index contributed by atoms with van der Waals surface area (Å²) in [5, 5.41) is 11.7. The molecule has 1 saturated heterocycles. The highest BCUT2D eigenvalue weighted by Crippen LogP contribution is 2.44. The lowest BCUT2D eigenvalue weighted by Crippen LogP contribution is -2.29. The molecule has 1 atom stereocenters. The van der Waals surface area contributed by atoms with Gasteiger partial charge in [-0.3, -0.25) is 14.5 Å². The van der Waals surface area contributed by atoms with E-state index < -0.39 is 23.7 Å². The zero-order valence-corrected chi connectivity index (χ0v) is 24.5. The van der Waals surface area contributed by atoms with Gasteiger partial charge in [0.1, 0.15) is 23.0 Å². The highest BCUT2D eigenvalue weighted by molar-refractivity contribution is 7.17. The van der Waals surface area contributed by atoms with Crippen LogP contribution in [0, 0.1) is 20.8 Å². The first-order valence-corrected chi connectivity index (χ1v) is 14.3. The average molecular weight is 583 g/mol. The van der Waals surface area contributed by atoms with Crippen molar-refractivity contribution in [3.8, 4) is 5.75 Å². The second-order valence-electron chi connectivity index (χ2n) is 9.97. The third-order valence-corrected chi connectivity index (χ3v) is 8.11. The first-order valence-electron chi connectivity index (χ1n) is 13.5. The van der Waals surface area contributed by atoms with Gasteiger partial charge in [-0.05, 0) is 62.6 Å². The fourth-order valence-corrected chi connectivity index (χ4v) is 5.80. The lowest BCUT2D eigenvalue weighted by atomic mass is 9.94. The Morgan fingerprint density at radius 3 is 2.38 bits per heavy atom. The monoisotopic (exact) mass is 582 g/mol. The van der Waals surface area contributed by atoms with Gasteiger partial charge in [0.05, 0.1) is 23.9 Å².